The van der Waals surface area contributed by atoms with E-state index < -0.39 is 22.0 Å². The first-order valence-corrected chi connectivity index (χ1v) is 11.0. The predicted octanol–water partition coefficient (Wildman–Crippen LogP) is 1.94. The number of carbonyl (C=O) groups excluding carboxylic acids is 1. The molecule has 1 unspecified atom stereocenters. The highest BCUT2D eigenvalue weighted by atomic mass is 32.2. The summed E-state index contributed by atoms with van der Waals surface area (Å²) in [6, 6.07) is 7.29. The molecule has 2 rings (SSSR count). The molecule has 29 heavy (non-hydrogen) atoms. The number of likely N-dealkylation sites (N-methyl/N-ethyl adjacent to an activating group) is 1. The number of rotatable bonds is 9. The summed E-state index contributed by atoms with van der Waals surface area (Å²) in [5, 5.41) is 6.50. The number of benzene rings is 1. The standard InChI is InChI=1S/C20H30N4O4S/c1-7-16-8-10-17(11-9-16)18(24(5)6)12-21-20(25)14(3)23-29(26,27)19-13(2)22-28-15(19)4/h8-11,14,18,23H,7,12H2,1-6H3,(H,21,25)/t14-,18?/m0/s1. The van der Waals surface area contributed by atoms with Gasteiger partial charge in [0.25, 0.3) is 0 Å². The molecule has 2 atom stereocenters. The van der Waals surface area contributed by atoms with Gasteiger partial charge in [-0.3, -0.25) is 4.79 Å². The lowest BCUT2D eigenvalue weighted by molar-refractivity contribution is -0.122. The van der Waals surface area contributed by atoms with Crippen molar-refractivity contribution in [3.63, 3.8) is 0 Å². The zero-order valence-corrected chi connectivity index (χ0v) is 18.6. The first-order chi connectivity index (χ1) is 13.6. The fraction of sp³-hybridized carbons (Fsp3) is 0.500. The van der Waals surface area contributed by atoms with Gasteiger partial charge in [0.1, 0.15) is 10.6 Å². The Balaban J connectivity index is 2.04. The second-order valence-electron chi connectivity index (χ2n) is 7.32. The molecule has 0 bridgehead atoms. The van der Waals surface area contributed by atoms with Crippen molar-refractivity contribution in [2.75, 3.05) is 20.6 Å². The molecule has 2 N–H and O–H groups in total. The van der Waals surface area contributed by atoms with Gasteiger partial charge in [-0.05, 0) is 52.4 Å². The fourth-order valence-corrected chi connectivity index (χ4v) is 4.66. The van der Waals surface area contributed by atoms with Crippen LogP contribution in [0.3, 0.4) is 0 Å². The van der Waals surface area contributed by atoms with Gasteiger partial charge < -0.3 is 14.7 Å². The van der Waals surface area contributed by atoms with E-state index >= 15 is 0 Å². The van der Waals surface area contributed by atoms with Crippen molar-refractivity contribution in [1.29, 1.82) is 0 Å². The number of hydrogen-bond donors (Lipinski definition) is 2. The topological polar surface area (TPSA) is 105 Å². The van der Waals surface area contributed by atoms with Crippen LogP contribution in [0.2, 0.25) is 0 Å². The van der Waals surface area contributed by atoms with Gasteiger partial charge >= 0.3 is 0 Å². The van der Waals surface area contributed by atoms with Crippen LogP contribution in [0.1, 0.15) is 42.5 Å². The number of amides is 1. The average molecular weight is 423 g/mol. The summed E-state index contributed by atoms with van der Waals surface area (Å²) >= 11 is 0. The highest BCUT2D eigenvalue weighted by Crippen LogP contribution is 2.20. The molecule has 0 fully saturated rings. The molecule has 160 valence electrons. The zero-order valence-electron chi connectivity index (χ0n) is 17.8. The van der Waals surface area contributed by atoms with Crippen LogP contribution in [-0.2, 0) is 21.2 Å². The predicted molar refractivity (Wildman–Crippen MR) is 111 cm³/mol. The van der Waals surface area contributed by atoms with Crippen molar-refractivity contribution in [2.24, 2.45) is 0 Å². The van der Waals surface area contributed by atoms with E-state index in [4.69, 9.17) is 4.52 Å². The van der Waals surface area contributed by atoms with Crippen LogP contribution in [-0.4, -0.2) is 51.1 Å². The molecule has 0 spiro atoms. The summed E-state index contributed by atoms with van der Waals surface area (Å²) in [6.45, 7) is 7.02. The van der Waals surface area contributed by atoms with E-state index in [2.05, 4.69) is 46.4 Å². The Kier molecular flexibility index (Phi) is 7.56. The number of sulfonamides is 1. The molecule has 9 heteroatoms. The minimum Gasteiger partial charge on any atom is -0.360 e. The van der Waals surface area contributed by atoms with Gasteiger partial charge in [-0.15, -0.1) is 0 Å². The number of carbonyl (C=O) groups is 1. The Morgan fingerprint density at radius 1 is 1.21 bits per heavy atom. The maximum Gasteiger partial charge on any atom is 0.246 e. The van der Waals surface area contributed by atoms with Gasteiger partial charge in [0.2, 0.25) is 15.9 Å². The molecule has 0 saturated carbocycles. The van der Waals surface area contributed by atoms with Crippen LogP contribution in [0.25, 0.3) is 0 Å². The molecule has 0 aliphatic heterocycles. The van der Waals surface area contributed by atoms with E-state index in [0.29, 0.717) is 6.54 Å². The maximum atomic E-state index is 12.6. The van der Waals surface area contributed by atoms with Crippen molar-refractivity contribution in [2.45, 2.75) is 51.1 Å². The molecule has 0 aliphatic rings. The average Bonchev–Trinajstić information content (AvgIpc) is 3.00. The third-order valence-electron chi connectivity index (χ3n) is 4.83. The normalized spacial score (nSPS) is 14.0. The third-order valence-corrected chi connectivity index (χ3v) is 6.61. The molecule has 0 aliphatic carbocycles. The van der Waals surface area contributed by atoms with Crippen LogP contribution in [0.15, 0.2) is 33.7 Å². The smallest absolute Gasteiger partial charge is 0.246 e. The molecule has 1 heterocycles. The second-order valence-corrected chi connectivity index (χ2v) is 8.97. The largest absolute Gasteiger partial charge is 0.360 e. The third kappa shape index (κ3) is 5.65. The maximum absolute atomic E-state index is 12.6. The van der Waals surface area contributed by atoms with E-state index in [1.165, 1.54) is 19.4 Å². The van der Waals surface area contributed by atoms with Crippen LogP contribution < -0.4 is 10.0 Å². The molecular formula is C20H30N4O4S. The van der Waals surface area contributed by atoms with Crippen molar-refractivity contribution >= 4 is 15.9 Å². The Morgan fingerprint density at radius 2 is 1.83 bits per heavy atom. The summed E-state index contributed by atoms with van der Waals surface area (Å²) in [5.74, 6) is -0.219. The Labute approximate surface area is 172 Å². The quantitative estimate of drug-likeness (QED) is 0.640. The van der Waals surface area contributed by atoms with E-state index in [-0.39, 0.29) is 22.4 Å². The van der Waals surface area contributed by atoms with Gasteiger partial charge in [0.15, 0.2) is 5.76 Å². The first-order valence-electron chi connectivity index (χ1n) is 9.55. The lowest BCUT2D eigenvalue weighted by atomic mass is 10.0. The van der Waals surface area contributed by atoms with Crippen LogP contribution in [0.5, 0.6) is 0 Å². The highest BCUT2D eigenvalue weighted by Gasteiger charge is 2.28. The summed E-state index contributed by atoms with van der Waals surface area (Å²) in [6.07, 6.45) is 0.965. The SMILES string of the molecule is CCc1ccc(C(CNC(=O)[C@H](C)NS(=O)(=O)c2c(C)noc2C)N(C)C)cc1. The molecule has 1 aromatic carbocycles. The minimum atomic E-state index is -3.91. The summed E-state index contributed by atoms with van der Waals surface area (Å²) in [5.41, 5.74) is 2.58. The molecule has 8 nitrogen and oxygen atoms in total. The lowest BCUT2D eigenvalue weighted by Gasteiger charge is -2.26. The summed E-state index contributed by atoms with van der Waals surface area (Å²) < 4.78 is 32.5. The van der Waals surface area contributed by atoms with Crippen molar-refractivity contribution in [3.05, 3.63) is 46.8 Å². The fourth-order valence-electron chi connectivity index (χ4n) is 3.13. The number of aromatic nitrogens is 1. The highest BCUT2D eigenvalue weighted by molar-refractivity contribution is 7.89. The molecular weight excluding hydrogens is 392 g/mol. The minimum absolute atomic E-state index is 0.0284. The van der Waals surface area contributed by atoms with Gasteiger partial charge in [0, 0.05) is 6.54 Å². The van der Waals surface area contributed by atoms with Gasteiger partial charge in [0.05, 0.1) is 12.1 Å². The Hall–Kier alpha value is -2.23. The van der Waals surface area contributed by atoms with Crippen molar-refractivity contribution in [3.8, 4) is 0 Å². The van der Waals surface area contributed by atoms with Crippen molar-refractivity contribution in [1.82, 2.24) is 20.1 Å². The molecule has 2 aromatic rings. The number of nitrogens with one attached hydrogen (secondary N) is 2. The molecule has 0 saturated heterocycles. The van der Waals surface area contributed by atoms with E-state index in [1.54, 1.807) is 6.92 Å². The molecule has 1 aromatic heterocycles. The number of aryl methyl sites for hydroxylation is 3. The van der Waals surface area contributed by atoms with Gasteiger partial charge in [-0.25, -0.2) is 8.42 Å². The molecule has 1 amide bonds. The first kappa shape index (κ1) is 23.1. The monoisotopic (exact) mass is 422 g/mol. The lowest BCUT2D eigenvalue weighted by Crippen LogP contribution is -2.46. The summed E-state index contributed by atoms with van der Waals surface area (Å²) in [4.78, 5) is 14.5. The second kappa shape index (κ2) is 9.51. The van der Waals surface area contributed by atoms with E-state index in [1.807, 2.05) is 19.0 Å². The number of nitrogens with zero attached hydrogens (tertiary/aromatic N) is 2. The van der Waals surface area contributed by atoms with Crippen LogP contribution in [0.4, 0.5) is 0 Å². The summed E-state index contributed by atoms with van der Waals surface area (Å²) in [7, 11) is -0.0375. The van der Waals surface area contributed by atoms with E-state index in [9.17, 15) is 13.2 Å². The van der Waals surface area contributed by atoms with E-state index in [0.717, 1.165) is 12.0 Å². The van der Waals surface area contributed by atoms with Crippen molar-refractivity contribution < 1.29 is 17.7 Å². The molecule has 0 radical (unpaired) electrons. The zero-order chi connectivity index (χ0) is 21.8. The van der Waals surface area contributed by atoms with Crippen LogP contribution >= 0.6 is 0 Å². The Morgan fingerprint density at radius 3 is 2.31 bits per heavy atom. The van der Waals surface area contributed by atoms with Gasteiger partial charge in [-0.1, -0.05) is 36.3 Å². The number of hydrogen-bond acceptors (Lipinski definition) is 6. The van der Waals surface area contributed by atoms with Gasteiger partial charge in [-0.2, -0.15) is 4.72 Å². The Bertz CT molecular complexity index is 916. The van der Waals surface area contributed by atoms with Crippen LogP contribution in [0, 0.1) is 13.8 Å².